The Morgan fingerprint density at radius 3 is 2.86 bits per heavy atom. The molecule has 1 saturated heterocycles. The lowest BCUT2D eigenvalue weighted by Gasteiger charge is -2.34. The molecule has 0 radical (unpaired) electrons. The number of carboxylic acid groups (broad SMARTS) is 1. The predicted octanol–water partition coefficient (Wildman–Crippen LogP) is 3.32. The smallest absolute Gasteiger partial charge is 0.329 e. The maximum atomic E-state index is 12.4. The second-order valence-electron chi connectivity index (χ2n) is 5.48. The lowest BCUT2D eigenvalue weighted by Crippen LogP contribution is -2.52. The highest BCUT2D eigenvalue weighted by Gasteiger charge is 2.48. The number of hydrogen-bond acceptors (Lipinski definition) is 3. The summed E-state index contributed by atoms with van der Waals surface area (Å²) in [5.41, 5.74) is 0.115. The third-order valence-electron chi connectivity index (χ3n) is 4.10. The number of aliphatic carboxylic acids is 1. The molecule has 2 rings (SSSR count). The molecular weight excluding hydrogens is 286 g/mol. The molecule has 1 aliphatic heterocycles. The number of likely N-dealkylation sites (tertiary alicyclic amines) is 1. The standard InChI is InChI=1S/C16H21NO3S/c1-3-8-16(15(19)20)9-4-10-17(16)14(18)6-5-13-12(2)7-11-21-13/h5-7,11H,3-4,8-10H2,1-2H3,(H,19,20)/b6-5+. The van der Waals surface area contributed by atoms with Gasteiger partial charge < -0.3 is 10.0 Å². The van der Waals surface area contributed by atoms with Crippen LogP contribution < -0.4 is 0 Å². The van der Waals surface area contributed by atoms with E-state index in [1.165, 1.54) is 11.0 Å². The van der Waals surface area contributed by atoms with Gasteiger partial charge in [0.2, 0.25) is 5.91 Å². The van der Waals surface area contributed by atoms with Crippen LogP contribution >= 0.6 is 11.3 Å². The molecule has 0 bridgehead atoms. The fraction of sp³-hybridized carbons (Fsp3) is 0.500. The number of nitrogens with zero attached hydrogens (tertiary/aromatic N) is 1. The summed E-state index contributed by atoms with van der Waals surface area (Å²) in [6, 6.07) is 2.00. The number of rotatable bonds is 5. The van der Waals surface area contributed by atoms with E-state index in [0.29, 0.717) is 19.4 Å². The van der Waals surface area contributed by atoms with Crippen molar-refractivity contribution in [3.63, 3.8) is 0 Å². The van der Waals surface area contributed by atoms with Crippen molar-refractivity contribution in [3.8, 4) is 0 Å². The van der Waals surface area contributed by atoms with Gasteiger partial charge in [-0.15, -0.1) is 11.3 Å². The van der Waals surface area contributed by atoms with Crippen molar-refractivity contribution in [1.82, 2.24) is 4.90 Å². The lowest BCUT2D eigenvalue weighted by molar-refractivity contribution is -0.155. The highest BCUT2D eigenvalue weighted by Crippen LogP contribution is 2.34. The van der Waals surface area contributed by atoms with Crippen molar-refractivity contribution in [1.29, 1.82) is 0 Å². The normalized spacial score (nSPS) is 22.1. The fourth-order valence-electron chi connectivity index (χ4n) is 2.99. The van der Waals surface area contributed by atoms with Crippen molar-refractivity contribution in [2.24, 2.45) is 0 Å². The van der Waals surface area contributed by atoms with Crippen LogP contribution in [0.25, 0.3) is 6.08 Å². The minimum absolute atomic E-state index is 0.198. The second kappa shape index (κ2) is 6.43. The Morgan fingerprint density at radius 2 is 2.29 bits per heavy atom. The highest BCUT2D eigenvalue weighted by atomic mass is 32.1. The molecule has 0 spiro atoms. The number of thiophene rings is 1. The molecule has 1 unspecified atom stereocenters. The zero-order chi connectivity index (χ0) is 15.5. The maximum Gasteiger partial charge on any atom is 0.329 e. The molecule has 4 nitrogen and oxygen atoms in total. The van der Waals surface area contributed by atoms with Gasteiger partial charge in [0.1, 0.15) is 5.54 Å². The number of aryl methyl sites for hydroxylation is 1. The van der Waals surface area contributed by atoms with Crippen LogP contribution in [0.3, 0.4) is 0 Å². The van der Waals surface area contributed by atoms with Gasteiger partial charge in [0.05, 0.1) is 0 Å². The molecule has 1 N–H and O–H groups in total. The van der Waals surface area contributed by atoms with E-state index < -0.39 is 11.5 Å². The number of carboxylic acids is 1. The van der Waals surface area contributed by atoms with Crippen molar-refractivity contribution >= 4 is 29.3 Å². The number of carbonyl (C=O) groups is 2. The summed E-state index contributed by atoms with van der Waals surface area (Å²) in [6.07, 6.45) is 5.87. The summed E-state index contributed by atoms with van der Waals surface area (Å²) in [6.45, 7) is 4.48. The second-order valence-corrected chi connectivity index (χ2v) is 6.43. The van der Waals surface area contributed by atoms with Crippen LogP contribution in [0.1, 0.15) is 43.0 Å². The van der Waals surface area contributed by atoms with E-state index in [4.69, 9.17) is 0 Å². The first-order chi connectivity index (χ1) is 10.0. The molecule has 1 aliphatic rings. The average molecular weight is 307 g/mol. The number of carbonyl (C=O) groups excluding carboxylic acids is 1. The monoisotopic (exact) mass is 307 g/mol. The Morgan fingerprint density at radius 1 is 1.52 bits per heavy atom. The minimum atomic E-state index is -1.01. The summed E-state index contributed by atoms with van der Waals surface area (Å²) in [4.78, 5) is 26.7. The molecule has 2 heterocycles. The quantitative estimate of drug-likeness (QED) is 0.849. The van der Waals surface area contributed by atoms with Gasteiger partial charge in [-0.3, -0.25) is 4.79 Å². The van der Waals surface area contributed by atoms with Gasteiger partial charge in [0.15, 0.2) is 0 Å². The van der Waals surface area contributed by atoms with Gasteiger partial charge in [0, 0.05) is 17.5 Å². The zero-order valence-corrected chi connectivity index (χ0v) is 13.3. The third-order valence-corrected chi connectivity index (χ3v) is 5.08. The SMILES string of the molecule is CCCC1(C(=O)O)CCCN1C(=O)/C=C/c1sccc1C. The molecule has 0 saturated carbocycles. The van der Waals surface area contributed by atoms with E-state index >= 15 is 0 Å². The van der Waals surface area contributed by atoms with Crippen LogP contribution in [0.4, 0.5) is 0 Å². The Hall–Kier alpha value is -1.62. The first kappa shape index (κ1) is 15.8. The van der Waals surface area contributed by atoms with E-state index in [2.05, 4.69) is 0 Å². The molecule has 0 aromatic carbocycles. The summed E-state index contributed by atoms with van der Waals surface area (Å²) in [5, 5.41) is 11.6. The van der Waals surface area contributed by atoms with Crippen LogP contribution in [0.15, 0.2) is 17.5 Å². The Bertz CT molecular complexity index is 564. The van der Waals surface area contributed by atoms with E-state index in [0.717, 1.165) is 23.3 Å². The van der Waals surface area contributed by atoms with Crippen molar-refractivity contribution in [3.05, 3.63) is 28.0 Å². The molecule has 1 atom stereocenters. The first-order valence-corrected chi connectivity index (χ1v) is 8.16. The Kier molecular flexibility index (Phi) is 4.83. The van der Waals surface area contributed by atoms with Gasteiger partial charge >= 0.3 is 5.97 Å². The topological polar surface area (TPSA) is 57.6 Å². The van der Waals surface area contributed by atoms with E-state index in [9.17, 15) is 14.7 Å². The fourth-order valence-corrected chi connectivity index (χ4v) is 3.81. The predicted molar refractivity (Wildman–Crippen MR) is 84.3 cm³/mol. The minimum Gasteiger partial charge on any atom is -0.479 e. The molecule has 21 heavy (non-hydrogen) atoms. The molecule has 0 aliphatic carbocycles. The maximum absolute atomic E-state index is 12.4. The number of hydrogen-bond donors (Lipinski definition) is 1. The average Bonchev–Trinajstić information content (AvgIpc) is 3.04. The van der Waals surface area contributed by atoms with Gasteiger partial charge in [-0.1, -0.05) is 13.3 Å². The molecule has 1 aromatic rings. The molecule has 1 aromatic heterocycles. The molecular formula is C16H21NO3S. The van der Waals surface area contributed by atoms with Crippen LogP contribution in [-0.2, 0) is 9.59 Å². The van der Waals surface area contributed by atoms with Crippen molar-refractivity contribution in [2.45, 2.75) is 45.1 Å². The summed E-state index contributed by atoms with van der Waals surface area (Å²) < 4.78 is 0. The van der Waals surface area contributed by atoms with Crippen LogP contribution in [0, 0.1) is 6.92 Å². The van der Waals surface area contributed by atoms with E-state index in [1.807, 2.05) is 25.3 Å². The van der Waals surface area contributed by atoms with Crippen LogP contribution in [0.5, 0.6) is 0 Å². The van der Waals surface area contributed by atoms with E-state index in [1.54, 1.807) is 17.4 Å². The van der Waals surface area contributed by atoms with Crippen LogP contribution in [0.2, 0.25) is 0 Å². The van der Waals surface area contributed by atoms with Gasteiger partial charge in [-0.2, -0.15) is 0 Å². The van der Waals surface area contributed by atoms with E-state index in [-0.39, 0.29) is 5.91 Å². The summed E-state index contributed by atoms with van der Waals surface area (Å²) >= 11 is 1.58. The number of amides is 1. The first-order valence-electron chi connectivity index (χ1n) is 7.28. The molecule has 114 valence electrons. The van der Waals surface area contributed by atoms with Crippen molar-refractivity contribution in [2.75, 3.05) is 6.54 Å². The Labute approximate surface area is 129 Å². The van der Waals surface area contributed by atoms with Crippen molar-refractivity contribution < 1.29 is 14.7 Å². The van der Waals surface area contributed by atoms with Crippen LogP contribution in [-0.4, -0.2) is 34.0 Å². The largest absolute Gasteiger partial charge is 0.479 e. The van der Waals surface area contributed by atoms with Gasteiger partial charge in [-0.05, 0) is 49.3 Å². The third kappa shape index (κ3) is 3.02. The molecule has 5 heteroatoms. The zero-order valence-electron chi connectivity index (χ0n) is 12.5. The summed E-state index contributed by atoms with van der Waals surface area (Å²) in [7, 11) is 0. The van der Waals surface area contributed by atoms with Gasteiger partial charge in [0.25, 0.3) is 0 Å². The Balaban J connectivity index is 2.19. The molecule has 1 amide bonds. The lowest BCUT2D eigenvalue weighted by atomic mass is 9.90. The molecule has 1 fully saturated rings. The highest BCUT2D eigenvalue weighted by molar-refractivity contribution is 7.11. The summed E-state index contributed by atoms with van der Waals surface area (Å²) in [5.74, 6) is -1.08. The van der Waals surface area contributed by atoms with Gasteiger partial charge in [-0.25, -0.2) is 4.79 Å².